The molecule has 286 valence electrons. The van der Waals surface area contributed by atoms with Gasteiger partial charge in [0.15, 0.2) is 0 Å². The molecule has 0 N–H and O–H groups in total. The maximum absolute atomic E-state index is 4.01. The molecule has 0 bridgehead atoms. The molecule has 1 atom stereocenters. The van der Waals surface area contributed by atoms with Gasteiger partial charge in [0.2, 0.25) is 0 Å². The second-order valence-electron chi connectivity index (χ2n) is 16.4. The van der Waals surface area contributed by atoms with E-state index >= 15 is 0 Å². The van der Waals surface area contributed by atoms with Gasteiger partial charge < -0.3 is 0 Å². The molecular formula is C47H98. The van der Waals surface area contributed by atoms with Crippen LogP contribution in [0.3, 0.4) is 0 Å². The molecule has 47 heavy (non-hydrogen) atoms. The van der Waals surface area contributed by atoms with Crippen LogP contribution in [0.4, 0.5) is 0 Å². The van der Waals surface area contributed by atoms with Crippen molar-refractivity contribution in [2.24, 2.45) is 17.3 Å². The van der Waals surface area contributed by atoms with Crippen molar-refractivity contribution in [1.82, 2.24) is 0 Å². The molecule has 0 aromatic carbocycles. The van der Waals surface area contributed by atoms with Crippen molar-refractivity contribution < 1.29 is 0 Å². The Kier molecular flexibility index (Phi) is 45.6. The summed E-state index contributed by atoms with van der Waals surface area (Å²) in [5.41, 5.74) is 1.89. The second kappa shape index (κ2) is 41.9. The third kappa shape index (κ3) is 45.7. The predicted molar refractivity (Wildman–Crippen MR) is 223 cm³/mol. The Hall–Kier alpha value is -0.260. The fourth-order valence-electron chi connectivity index (χ4n) is 6.91. The minimum atomic E-state index is 0.557. The van der Waals surface area contributed by atoms with E-state index in [9.17, 15) is 0 Å². The van der Waals surface area contributed by atoms with Gasteiger partial charge in [-0.25, -0.2) is 0 Å². The molecule has 0 aromatic heterocycles. The van der Waals surface area contributed by atoms with Crippen LogP contribution in [0.25, 0.3) is 0 Å². The predicted octanol–water partition coefficient (Wildman–Crippen LogP) is 18.4. The molecule has 0 rings (SSSR count). The van der Waals surface area contributed by atoms with Crippen LogP contribution in [-0.2, 0) is 0 Å². The van der Waals surface area contributed by atoms with Gasteiger partial charge >= 0.3 is 0 Å². The average Bonchev–Trinajstić information content (AvgIpc) is 3.05. The van der Waals surface area contributed by atoms with Crippen molar-refractivity contribution in [2.75, 3.05) is 0 Å². The molecular weight excluding hydrogens is 565 g/mol. The summed E-state index contributed by atoms with van der Waals surface area (Å²) < 4.78 is 0. The molecule has 0 aliphatic heterocycles. The van der Waals surface area contributed by atoms with Crippen LogP contribution in [0.15, 0.2) is 12.2 Å². The fraction of sp³-hybridized carbons (Fsp3) is 0.957. The van der Waals surface area contributed by atoms with E-state index in [2.05, 4.69) is 62.0 Å². The molecule has 0 saturated heterocycles. The number of allylic oxidation sites excluding steroid dienone is 1. The molecule has 0 amide bonds. The molecule has 0 spiro atoms. The van der Waals surface area contributed by atoms with Crippen molar-refractivity contribution >= 4 is 0 Å². The maximum Gasteiger partial charge on any atom is -0.0237 e. The zero-order valence-electron chi connectivity index (χ0n) is 35.5. The van der Waals surface area contributed by atoms with Gasteiger partial charge in [-0.05, 0) is 43.4 Å². The van der Waals surface area contributed by atoms with Crippen molar-refractivity contribution in [3.05, 3.63) is 12.2 Å². The molecule has 0 heterocycles. The highest BCUT2D eigenvalue weighted by atomic mass is 14.2. The Balaban J connectivity index is -0.000000953. The first kappa shape index (κ1) is 51.1. The van der Waals surface area contributed by atoms with E-state index in [1.807, 2.05) is 13.8 Å². The first-order valence-corrected chi connectivity index (χ1v) is 22.4. The van der Waals surface area contributed by atoms with Crippen molar-refractivity contribution in [3.63, 3.8) is 0 Å². The molecule has 0 heteroatoms. The number of hydrogen-bond donors (Lipinski definition) is 0. The first-order valence-electron chi connectivity index (χ1n) is 22.4. The van der Waals surface area contributed by atoms with Gasteiger partial charge in [-0.15, -0.1) is 0 Å². The van der Waals surface area contributed by atoms with Gasteiger partial charge in [-0.1, -0.05) is 261 Å². The summed E-state index contributed by atoms with van der Waals surface area (Å²) in [6.45, 7) is 26.6. The molecule has 0 radical (unpaired) electrons. The van der Waals surface area contributed by atoms with Gasteiger partial charge in [0, 0.05) is 0 Å². The summed E-state index contributed by atoms with van der Waals surface area (Å²) in [6.07, 6.45) is 46.4. The molecule has 1 unspecified atom stereocenters. The summed E-state index contributed by atoms with van der Waals surface area (Å²) in [4.78, 5) is 0. The lowest BCUT2D eigenvalue weighted by Crippen LogP contribution is -2.10. The lowest BCUT2D eigenvalue weighted by Gasteiger charge is -2.24. The van der Waals surface area contributed by atoms with Crippen LogP contribution in [0.1, 0.15) is 275 Å². The molecule has 0 saturated carbocycles. The molecule has 0 aromatic rings. The van der Waals surface area contributed by atoms with Crippen LogP contribution in [0, 0.1) is 17.3 Å². The third-order valence-electron chi connectivity index (χ3n) is 10.6. The lowest BCUT2D eigenvalue weighted by atomic mass is 9.82. The number of rotatable bonds is 34. The second-order valence-corrected chi connectivity index (χ2v) is 16.4. The average molecular weight is 663 g/mol. The van der Waals surface area contributed by atoms with E-state index in [-0.39, 0.29) is 0 Å². The summed E-state index contributed by atoms with van der Waals surface area (Å²) in [5.74, 6) is 1.68. The topological polar surface area (TPSA) is 0 Å². The highest BCUT2D eigenvalue weighted by molar-refractivity contribution is 4.93. The minimum absolute atomic E-state index is 0.557. The van der Waals surface area contributed by atoms with Crippen LogP contribution < -0.4 is 0 Å². The third-order valence-corrected chi connectivity index (χ3v) is 10.6. The number of unbranched alkanes of at least 4 members (excludes halogenated alkanes) is 23. The fourth-order valence-corrected chi connectivity index (χ4v) is 6.91. The van der Waals surface area contributed by atoms with E-state index in [0.717, 1.165) is 5.92 Å². The van der Waals surface area contributed by atoms with Gasteiger partial charge in [0.05, 0.1) is 0 Å². The van der Waals surface area contributed by atoms with Crippen LogP contribution in [-0.4, -0.2) is 0 Å². The number of hydrogen-bond acceptors (Lipinski definition) is 0. The van der Waals surface area contributed by atoms with Gasteiger partial charge in [0.25, 0.3) is 0 Å². The highest BCUT2D eigenvalue weighted by Crippen LogP contribution is 2.30. The Morgan fingerprint density at radius 3 is 1.02 bits per heavy atom. The molecule has 0 aliphatic carbocycles. The SMILES string of the molecule is C=C(C)C(C)CCCCC(C)(C)CCC.CC.CCCCCCCCCCCCCCC(C)CCCCCCCCCCCCCC. The van der Waals surface area contributed by atoms with Gasteiger partial charge in [0.1, 0.15) is 0 Å². The summed E-state index contributed by atoms with van der Waals surface area (Å²) in [5, 5.41) is 0. The Morgan fingerprint density at radius 1 is 0.426 bits per heavy atom. The summed E-state index contributed by atoms with van der Waals surface area (Å²) in [7, 11) is 0. The highest BCUT2D eigenvalue weighted by Gasteiger charge is 2.15. The van der Waals surface area contributed by atoms with Gasteiger partial charge in [-0.3, -0.25) is 0 Å². The summed E-state index contributed by atoms with van der Waals surface area (Å²) >= 11 is 0. The molecule has 0 nitrogen and oxygen atoms in total. The maximum atomic E-state index is 4.01. The van der Waals surface area contributed by atoms with Gasteiger partial charge in [-0.2, -0.15) is 0 Å². The quantitative estimate of drug-likeness (QED) is 0.0475. The first-order chi connectivity index (χ1) is 22.7. The van der Waals surface area contributed by atoms with E-state index in [0.29, 0.717) is 11.3 Å². The zero-order chi connectivity index (χ0) is 35.9. The Labute approximate surface area is 303 Å². The van der Waals surface area contributed by atoms with Crippen molar-refractivity contribution in [3.8, 4) is 0 Å². The normalized spacial score (nSPS) is 12.0. The smallest absolute Gasteiger partial charge is 0.0237 e. The van der Waals surface area contributed by atoms with Crippen LogP contribution in [0.5, 0.6) is 0 Å². The zero-order valence-corrected chi connectivity index (χ0v) is 35.5. The van der Waals surface area contributed by atoms with Crippen molar-refractivity contribution in [1.29, 1.82) is 0 Å². The molecule has 0 aliphatic rings. The summed E-state index contributed by atoms with van der Waals surface area (Å²) in [6, 6.07) is 0. The largest absolute Gasteiger partial charge is 0.0999 e. The van der Waals surface area contributed by atoms with Crippen LogP contribution >= 0.6 is 0 Å². The standard InChI is InChI=1S/C30H62.C15H30.C2H6/c1-4-6-8-10-12-14-16-18-20-22-24-26-28-30(3)29-27-25-23-21-19-17-15-13-11-9-7-5-2;1-7-11-15(5,6)12-9-8-10-14(4)13(2)3;1-2/h30H,4-29H2,1-3H3;14H,2,7-12H2,1,3-6H3;1-2H3. The van der Waals surface area contributed by atoms with Crippen molar-refractivity contribution in [2.45, 2.75) is 275 Å². The minimum Gasteiger partial charge on any atom is -0.0999 e. The lowest BCUT2D eigenvalue weighted by molar-refractivity contribution is 0.289. The van der Waals surface area contributed by atoms with E-state index < -0.39 is 0 Å². The molecule has 0 fully saturated rings. The van der Waals surface area contributed by atoms with E-state index in [1.165, 1.54) is 211 Å². The van der Waals surface area contributed by atoms with E-state index in [4.69, 9.17) is 0 Å². The van der Waals surface area contributed by atoms with E-state index in [1.54, 1.807) is 0 Å². The monoisotopic (exact) mass is 663 g/mol. The Bertz CT molecular complexity index is 528. The Morgan fingerprint density at radius 2 is 0.723 bits per heavy atom. The van der Waals surface area contributed by atoms with Crippen LogP contribution in [0.2, 0.25) is 0 Å².